The zero-order valence-electron chi connectivity index (χ0n) is 23.8. The normalized spacial score (nSPS) is 18.0. The van der Waals surface area contributed by atoms with Crippen LogP contribution in [0.1, 0.15) is 22.3 Å². The molecule has 1 aliphatic rings. The number of likely N-dealkylation sites (tertiary alicyclic amines) is 1. The fraction of sp³-hybridized carbons (Fsp3) is 0.429. The molecule has 1 saturated heterocycles. The van der Waals surface area contributed by atoms with Crippen LogP contribution in [0.5, 0.6) is 5.75 Å². The third-order valence-corrected chi connectivity index (χ3v) is 8.18. The summed E-state index contributed by atoms with van der Waals surface area (Å²) in [7, 11) is -0.578. The summed E-state index contributed by atoms with van der Waals surface area (Å²) < 4.78 is 111. The third kappa shape index (κ3) is 7.94. The molecule has 1 aromatic heterocycles. The van der Waals surface area contributed by atoms with Crippen LogP contribution in [0, 0.1) is 17.8 Å². The van der Waals surface area contributed by atoms with E-state index in [2.05, 4.69) is 27.5 Å². The molecule has 0 aliphatic carbocycles. The van der Waals surface area contributed by atoms with E-state index in [9.17, 15) is 39.6 Å². The summed E-state index contributed by atoms with van der Waals surface area (Å²) in [4.78, 5) is 18.9. The van der Waals surface area contributed by atoms with Gasteiger partial charge in [-0.1, -0.05) is 11.8 Å². The number of fused-ring (bicyclic) bond motifs is 1. The third-order valence-electron chi connectivity index (χ3n) is 7.07. The maximum atomic E-state index is 13.8. The molecule has 4 rings (SSSR count). The van der Waals surface area contributed by atoms with E-state index >= 15 is 0 Å². The molecule has 9 nitrogen and oxygen atoms in total. The van der Waals surface area contributed by atoms with Gasteiger partial charge in [0.2, 0.25) is 0 Å². The zero-order valence-corrected chi connectivity index (χ0v) is 24.6. The SMILES string of the molecule is COc1cc(S(C)(=O)=O)ccc1NCC#Cc1cc(C(=O)N[C@H]2CCN(C)C[C@H]2C(F)(F)F)c2ncn(CC(F)(F)F)c2c1. The summed E-state index contributed by atoms with van der Waals surface area (Å²) in [6, 6.07) is 5.54. The number of alkyl halides is 6. The number of methoxy groups -OCH3 is 1. The van der Waals surface area contributed by atoms with Crippen molar-refractivity contribution in [1.82, 2.24) is 19.8 Å². The molecule has 2 heterocycles. The summed E-state index contributed by atoms with van der Waals surface area (Å²) in [5.41, 5.74) is 0.163. The van der Waals surface area contributed by atoms with Crippen molar-refractivity contribution >= 4 is 32.5 Å². The number of nitrogens with zero attached hydrogens (tertiary/aromatic N) is 3. The van der Waals surface area contributed by atoms with Crippen molar-refractivity contribution in [3.63, 3.8) is 0 Å². The van der Waals surface area contributed by atoms with Gasteiger partial charge in [-0.15, -0.1) is 0 Å². The number of hydrogen-bond acceptors (Lipinski definition) is 7. The second kappa shape index (κ2) is 12.6. The highest BCUT2D eigenvalue weighted by atomic mass is 32.2. The first kappa shape index (κ1) is 32.9. The average Bonchev–Trinajstić information content (AvgIpc) is 3.31. The smallest absolute Gasteiger partial charge is 0.406 e. The fourth-order valence-electron chi connectivity index (χ4n) is 4.93. The minimum Gasteiger partial charge on any atom is -0.495 e. The molecule has 0 bridgehead atoms. The summed E-state index contributed by atoms with van der Waals surface area (Å²) in [6.07, 6.45) is -7.20. The molecule has 0 saturated carbocycles. The minimum absolute atomic E-state index is 0.0151. The lowest BCUT2D eigenvalue weighted by molar-refractivity contribution is -0.191. The van der Waals surface area contributed by atoms with Crippen molar-refractivity contribution < 1.29 is 44.3 Å². The Morgan fingerprint density at radius 1 is 1.16 bits per heavy atom. The molecule has 0 radical (unpaired) electrons. The number of rotatable bonds is 7. The van der Waals surface area contributed by atoms with Crippen molar-refractivity contribution in [3.8, 4) is 17.6 Å². The van der Waals surface area contributed by atoms with Gasteiger partial charge < -0.3 is 24.8 Å². The van der Waals surface area contributed by atoms with Crippen molar-refractivity contribution in [2.75, 3.05) is 45.4 Å². The van der Waals surface area contributed by atoms with Gasteiger partial charge in [-0.25, -0.2) is 13.4 Å². The molecule has 0 unspecified atom stereocenters. The maximum Gasteiger partial charge on any atom is 0.406 e. The van der Waals surface area contributed by atoms with Gasteiger partial charge in [-0.2, -0.15) is 26.3 Å². The highest BCUT2D eigenvalue weighted by molar-refractivity contribution is 7.90. The van der Waals surface area contributed by atoms with Crippen LogP contribution >= 0.6 is 0 Å². The number of carbonyl (C=O) groups is 1. The van der Waals surface area contributed by atoms with Gasteiger partial charge in [0.15, 0.2) is 9.84 Å². The quantitative estimate of drug-likeness (QED) is 0.295. The van der Waals surface area contributed by atoms with E-state index < -0.39 is 46.6 Å². The fourth-order valence-corrected chi connectivity index (χ4v) is 5.56. The predicted molar refractivity (Wildman–Crippen MR) is 150 cm³/mol. The Bertz CT molecular complexity index is 1710. The summed E-state index contributed by atoms with van der Waals surface area (Å²) in [5, 5.41) is 5.38. The lowest BCUT2D eigenvalue weighted by Gasteiger charge is -2.38. The summed E-state index contributed by atoms with van der Waals surface area (Å²) in [6.45, 7) is -1.42. The van der Waals surface area contributed by atoms with Crippen LogP contribution in [0.2, 0.25) is 0 Å². The molecular formula is C28H29F6N5O4S. The maximum absolute atomic E-state index is 13.8. The standard InChI is InChI=1S/C28H29F6N5O4S/c1-38-10-8-21(20(14-38)28(32,33)34)37-26(40)19-11-17(12-23-25(19)36-16-39(23)15-27(29,30)31)5-4-9-35-22-7-6-18(44(3,41)42)13-24(22)43-2/h6-7,11-13,16,20-21,35H,8-10,14-15H2,1-3H3,(H,37,40)/t20-,21+/m1/s1. The number of hydrogen-bond donors (Lipinski definition) is 2. The number of anilines is 1. The Kier molecular flexibility index (Phi) is 9.40. The van der Waals surface area contributed by atoms with Gasteiger partial charge >= 0.3 is 12.4 Å². The second-order valence-corrected chi connectivity index (χ2v) is 12.5. The first-order valence-corrected chi connectivity index (χ1v) is 15.1. The van der Waals surface area contributed by atoms with Crippen LogP contribution in [-0.2, 0) is 16.4 Å². The van der Waals surface area contributed by atoms with Crippen LogP contribution in [-0.4, -0.2) is 87.2 Å². The van der Waals surface area contributed by atoms with Gasteiger partial charge in [0.1, 0.15) is 17.8 Å². The Balaban J connectivity index is 1.64. The number of aromatic nitrogens is 2. The minimum atomic E-state index is -4.61. The zero-order chi connectivity index (χ0) is 32.4. The van der Waals surface area contributed by atoms with Crippen LogP contribution in [0.15, 0.2) is 41.6 Å². The Morgan fingerprint density at radius 2 is 1.89 bits per heavy atom. The van der Waals surface area contributed by atoms with E-state index in [1.165, 1.54) is 42.3 Å². The predicted octanol–water partition coefficient (Wildman–Crippen LogP) is 4.09. The molecule has 238 valence electrons. The molecule has 16 heteroatoms. The number of halogens is 6. The highest BCUT2D eigenvalue weighted by Crippen LogP contribution is 2.34. The monoisotopic (exact) mass is 645 g/mol. The van der Waals surface area contributed by atoms with Crippen molar-refractivity contribution in [1.29, 1.82) is 0 Å². The van der Waals surface area contributed by atoms with E-state index in [4.69, 9.17) is 4.74 Å². The molecule has 0 spiro atoms. The van der Waals surface area contributed by atoms with E-state index in [0.29, 0.717) is 12.2 Å². The molecule has 2 atom stereocenters. The number of piperidine rings is 1. The number of imidazole rings is 1. The molecule has 2 aromatic carbocycles. The van der Waals surface area contributed by atoms with Gasteiger partial charge in [0.05, 0.1) is 47.6 Å². The Hall–Kier alpha value is -3.97. The lowest BCUT2D eigenvalue weighted by Crippen LogP contribution is -2.54. The van der Waals surface area contributed by atoms with Crippen LogP contribution in [0.3, 0.4) is 0 Å². The van der Waals surface area contributed by atoms with Crippen molar-refractivity contribution in [2.24, 2.45) is 5.92 Å². The van der Waals surface area contributed by atoms with Crippen molar-refractivity contribution in [3.05, 3.63) is 47.8 Å². The average molecular weight is 646 g/mol. The number of amides is 1. The first-order valence-electron chi connectivity index (χ1n) is 13.2. The second-order valence-electron chi connectivity index (χ2n) is 10.4. The van der Waals surface area contributed by atoms with Crippen LogP contribution < -0.4 is 15.4 Å². The molecule has 1 aliphatic heterocycles. The van der Waals surface area contributed by atoms with Gasteiger partial charge in [0.25, 0.3) is 5.91 Å². The molecule has 2 N–H and O–H groups in total. The summed E-state index contributed by atoms with van der Waals surface area (Å²) >= 11 is 0. The lowest BCUT2D eigenvalue weighted by atomic mass is 9.91. The van der Waals surface area contributed by atoms with Gasteiger partial charge in [-0.3, -0.25) is 4.79 Å². The van der Waals surface area contributed by atoms with E-state index in [-0.39, 0.29) is 52.3 Å². The largest absolute Gasteiger partial charge is 0.495 e. The number of ether oxygens (including phenoxy) is 1. The van der Waals surface area contributed by atoms with Crippen LogP contribution in [0.4, 0.5) is 32.0 Å². The number of sulfone groups is 1. The molecule has 3 aromatic rings. The van der Waals surface area contributed by atoms with E-state index in [0.717, 1.165) is 17.2 Å². The molecule has 1 amide bonds. The number of carbonyl (C=O) groups excluding carboxylic acids is 1. The van der Waals surface area contributed by atoms with Crippen molar-refractivity contribution in [2.45, 2.75) is 36.3 Å². The highest BCUT2D eigenvalue weighted by Gasteiger charge is 2.47. The Morgan fingerprint density at radius 3 is 2.52 bits per heavy atom. The Labute approximate surface area is 249 Å². The van der Waals surface area contributed by atoms with Crippen LogP contribution in [0.25, 0.3) is 11.0 Å². The summed E-state index contributed by atoms with van der Waals surface area (Å²) in [5.74, 6) is 3.03. The van der Waals surface area contributed by atoms with E-state index in [1.54, 1.807) is 7.05 Å². The number of nitrogens with one attached hydrogen (secondary N) is 2. The van der Waals surface area contributed by atoms with Gasteiger partial charge in [-0.05, 0) is 44.3 Å². The van der Waals surface area contributed by atoms with E-state index in [1.807, 2.05) is 0 Å². The topological polar surface area (TPSA) is 106 Å². The van der Waals surface area contributed by atoms with Gasteiger partial charge in [0, 0.05) is 30.5 Å². The molecule has 44 heavy (non-hydrogen) atoms. The molecule has 1 fully saturated rings. The first-order chi connectivity index (χ1) is 20.5. The number of benzene rings is 2. The molecular weight excluding hydrogens is 616 g/mol.